The number of pyridine rings is 1. The van der Waals surface area contributed by atoms with Gasteiger partial charge in [0.25, 0.3) is 5.56 Å². The first-order valence-electron chi connectivity index (χ1n) is 10.1. The number of aryl methyl sites for hydroxylation is 1. The number of benzene rings is 1. The molecule has 1 aromatic heterocycles. The molecule has 0 aliphatic heterocycles. The number of nitrogens with one attached hydrogen (secondary N) is 1. The van der Waals surface area contributed by atoms with Crippen LogP contribution in [0.1, 0.15) is 48.8 Å². The van der Waals surface area contributed by atoms with Crippen LogP contribution in [0.15, 0.2) is 53.5 Å². The van der Waals surface area contributed by atoms with Crippen LogP contribution >= 0.6 is 0 Å². The minimum Gasteiger partial charge on any atom is -0.376 e. The molecule has 1 unspecified atom stereocenters. The van der Waals surface area contributed by atoms with Crippen LogP contribution in [0.5, 0.6) is 0 Å². The van der Waals surface area contributed by atoms with Gasteiger partial charge in [-0.25, -0.2) is 13.1 Å². The molecule has 0 saturated heterocycles. The second-order valence-corrected chi connectivity index (χ2v) is 9.78. The Labute approximate surface area is 173 Å². The van der Waals surface area contributed by atoms with Gasteiger partial charge in [0.1, 0.15) is 0 Å². The molecule has 2 aromatic rings. The molecule has 0 radical (unpaired) electrons. The van der Waals surface area contributed by atoms with Gasteiger partial charge in [-0.2, -0.15) is 0 Å². The number of rotatable bonds is 8. The molecule has 1 aliphatic carbocycles. The minimum absolute atomic E-state index is 0.127. The number of nitrogens with zero attached hydrogens (tertiary/aromatic N) is 1. The fourth-order valence-electron chi connectivity index (χ4n) is 3.92. The molecular formula is C22H30N2O4S. The smallest absolute Gasteiger partial charge is 0.250 e. The lowest BCUT2D eigenvalue weighted by atomic mass is 9.83. The Kier molecular flexibility index (Phi) is 7.27. The van der Waals surface area contributed by atoms with Gasteiger partial charge < -0.3 is 9.30 Å². The summed E-state index contributed by atoms with van der Waals surface area (Å²) >= 11 is 0. The maximum Gasteiger partial charge on any atom is 0.250 e. The molecule has 1 atom stereocenters. The van der Waals surface area contributed by atoms with Gasteiger partial charge >= 0.3 is 0 Å². The van der Waals surface area contributed by atoms with Crippen LogP contribution in [-0.4, -0.2) is 38.5 Å². The molecule has 0 spiro atoms. The Bertz CT molecular complexity index is 948. The molecular weight excluding hydrogens is 388 g/mol. The van der Waals surface area contributed by atoms with Crippen LogP contribution in [-0.2, 0) is 14.8 Å². The van der Waals surface area contributed by atoms with E-state index in [-0.39, 0.29) is 24.2 Å². The highest BCUT2D eigenvalue weighted by Gasteiger charge is 2.24. The van der Waals surface area contributed by atoms with E-state index in [0.29, 0.717) is 12.5 Å². The fourth-order valence-corrected chi connectivity index (χ4v) is 4.42. The summed E-state index contributed by atoms with van der Waals surface area (Å²) in [6.07, 6.45) is 7.09. The Morgan fingerprint density at radius 3 is 2.45 bits per heavy atom. The van der Waals surface area contributed by atoms with E-state index >= 15 is 0 Å². The summed E-state index contributed by atoms with van der Waals surface area (Å²) < 4.78 is 33.4. The van der Waals surface area contributed by atoms with Gasteiger partial charge in [0.05, 0.1) is 25.0 Å². The maximum absolute atomic E-state index is 12.3. The summed E-state index contributed by atoms with van der Waals surface area (Å²) in [5.74, 6) is 0.568. The highest BCUT2D eigenvalue weighted by molar-refractivity contribution is 7.88. The molecule has 1 saturated carbocycles. The van der Waals surface area contributed by atoms with Crippen LogP contribution in [0, 0.1) is 6.92 Å². The quantitative estimate of drug-likeness (QED) is 0.715. The predicted molar refractivity (Wildman–Crippen MR) is 115 cm³/mol. The van der Waals surface area contributed by atoms with E-state index in [1.807, 2.05) is 13.0 Å². The van der Waals surface area contributed by atoms with Gasteiger partial charge in [-0.3, -0.25) is 4.79 Å². The summed E-state index contributed by atoms with van der Waals surface area (Å²) in [4.78, 5) is 12.3. The first kappa shape index (κ1) is 21.7. The average molecular weight is 419 g/mol. The second kappa shape index (κ2) is 9.69. The van der Waals surface area contributed by atoms with Crippen molar-refractivity contribution in [2.45, 2.75) is 50.7 Å². The van der Waals surface area contributed by atoms with E-state index in [1.165, 1.54) is 11.6 Å². The van der Waals surface area contributed by atoms with Crippen LogP contribution in [0.4, 0.5) is 0 Å². The van der Waals surface area contributed by atoms with Gasteiger partial charge in [0.15, 0.2) is 0 Å². The molecule has 1 heterocycles. The summed E-state index contributed by atoms with van der Waals surface area (Å²) in [5, 5.41) is 0. The Hall–Kier alpha value is -1.96. The Morgan fingerprint density at radius 2 is 1.79 bits per heavy atom. The molecule has 0 bridgehead atoms. The summed E-state index contributed by atoms with van der Waals surface area (Å²) in [6.45, 7) is 2.33. The lowest BCUT2D eigenvalue weighted by Crippen LogP contribution is -2.37. The van der Waals surface area contributed by atoms with Crippen molar-refractivity contribution in [3.63, 3.8) is 0 Å². The van der Waals surface area contributed by atoms with Gasteiger partial charge in [0, 0.05) is 18.8 Å². The third-order valence-corrected chi connectivity index (χ3v) is 6.22. The monoisotopic (exact) mass is 418 g/mol. The van der Waals surface area contributed by atoms with Crippen LogP contribution in [0.2, 0.25) is 0 Å². The standard InChI is InChI=1S/C22H30N2O4S/c1-17-8-13-22(25)24(15-17)20(14-23-29(2,26)27)16-28-21-11-9-19(10-12-21)18-6-4-3-5-7-18/h3-8,13,15,19-21,23H,9-12,14,16H2,1-2H3. The van der Waals surface area contributed by atoms with Crippen molar-refractivity contribution in [2.24, 2.45) is 0 Å². The highest BCUT2D eigenvalue weighted by Crippen LogP contribution is 2.34. The third-order valence-electron chi connectivity index (χ3n) is 5.53. The number of hydrogen-bond donors (Lipinski definition) is 1. The number of sulfonamides is 1. The molecule has 6 nitrogen and oxygen atoms in total. The minimum atomic E-state index is -3.35. The van der Waals surface area contributed by atoms with E-state index in [0.717, 1.165) is 37.5 Å². The largest absolute Gasteiger partial charge is 0.376 e. The van der Waals surface area contributed by atoms with E-state index in [4.69, 9.17) is 4.74 Å². The number of ether oxygens (including phenoxy) is 1. The molecule has 7 heteroatoms. The molecule has 1 aromatic carbocycles. The molecule has 1 aliphatic rings. The van der Waals surface area contributed by atoms with Crippen molar-refractivity contribution in [1.82, 2.24) is 9.29 Å². The fraction of sp³-hybridized carbons (Fsp3) is 0.500. The molecule has 1 N–H and O–H groups in total. The van der Waals surface area contributed by atoms with E-state index in [1.54, 1.807) is 16.8 Å². The highest BCUT2D eigenvalue weighted by atomic mass is 32.2. The van der Waals surface area contributed by atoms with Gasteiger partial charge in [0.2, 0.25) is 10.0 Å². The molecule has 1 fully saturated rings. The zero-order chi connectivity index (χ0) is 20.9. The van der Waals surface area contributed by atoms with E-state index in [2.05, 4.69) is 29.0 Å². The molecule has 0 amide bonds. The van der Waals surface area contributed by atoms with Crippen molar-refractivity contribution < 1.29 is 13.2 Å². The summed E-state index contributed by atoms with van der Waals surface area (Å²) in [6, 6.07) is 13.4. The Balaban J connectivity index is 1.61. The molecule has 29 heavy (non-hydrogen) atoms. The number of hydrogen-bond acceptors (Lipinski definition) is 4. The SMILES string of the molecule is Cc1ccc(=O)n(C(CNS(C)(=O)=O)COC2CCC(c3ccccc3)CC2)c1. The zero-order valence-electron chi connectivity index (χ0n) is 17.1. The average Bonchev–Trinajstić information content (AvgIpc) is 2.70. The van der Waals surface area contributed by atoms with Crippen LogP contribution in [0.25, 0.3) is 0 Å². The first-order valence-corrected chi connectivity index (χ1v) is 12.0. The second-order valence-electron chi connectivity index (χ2n) is 7.94. The maximum atomic E-state index is 12.3. The van der Waals surface area contributed by atoms with Gasteiger partial charge in [-0.15, -0.1) is 0 Å². The van der Waals surface area contributed by atoms with Gasteiger partial charge in [-0.1, -0.05) is 36.4 Å². The zero-order valence-corrected chi connectivity index (χ0v) is 17.9. The van der Waals surface area contributed by atoms with Crippen molar-refractivity contribution in [1.29, 1.82) is 0 Å². The Morgan fingerprint density at radius 1 is 1.10 bits per heavy atom. The van der Waals surface area contributed by atoms with Crippen molar-refractivity contribution in [3.8, 4) is 0 Å². The third kappa shape index (κ3) is 6.52. The normalized spacial score (nSPS) is 21.0. The summed E-state index contributed by atoms with van der Waals surface area (Å²) in [7, 11) is -3.35. The number of aromatic nitrogens is 1. The lowest BCUT2D eigenvalue weighted by molar-refractivity contribution is 0.00735. The van der Waals surface area contributed by atoms with E-state index in [9.17, 15) is 13.2 Å². The molecule has 3 rings (SSSR count). The van der Waals surface area contributed by atoms with Gasteiger partial charge in [-0.05, 0) is 49.7 Å². The van der Waals surface area contributed by atoms with Crippen molar-refractivity contribution in [2.75, 3.05) is 19.4 Å². The van der Waals surface area contributed by atoms with Crippen molar-refractivity contribution >= 4 is 10.0 Å². The lowest BCUT2D eigenvalue weighted by Gasteiger charge is -2.30. The van der Waals surface area contributed by atoms with E-state index < -0.39 is 10.0 Å². The molecule has 158 valence electrons. The van der Waals surface area contributed by atoms with Crippen LogP contribution in [0.3, 0.4) is 0 Å². The van der Waals surface area contributed by atoms with Crippen LogP contribution < -0.4 is 10.3 Å². The first-order chi connectivity index (χ1) is 13.8. The summed E-state index contributed by atoms with van der Waals surface area (Å²) in [5.41, 5.74) is 2.16. The van der Waals surface area contributed by atoms with Crippen molar-refractivity contribution in [3.05, 3.63) is 70.1 Å². The predicted octanol–water partition coefficient (Wildman–Crippen LogP) is 2.99. The topological polar surface area (TPSA) is 77.4 Å².